The lowest BCUT2D eigenvalue weighted by molar-refractivity contribution is -0.119. The molecule has 0 spiro atoms. The van der Waals surface area contributed by atoms with Gasteiger partial charge in [-0.1, -0.05) is 42.5 Å². The van der Waals surface area contributed by atoms with Gasteiger partial charge in [0, 0.05) is 24.9 Å². The molecule has 1 amide bonds. The molecule has 2 aromatic carbocycles. The highest BCUT2D eigenvalue weighted by molar-refractivity contribution is 5.94. The van der Waals surface area contributed by atoms with E-state index in [0.29, 0.717) is 50.9 Å². The van der Waals surface area contributed by atoms with E-state index in [0.717, 1.165) is 11.3 Å². The van der Waals surface area contributed by atoms with Crippen LogP contribution in [-0.2, 0) is 9.53 Å². The standard InChI is InChI=1S/C22H25NO4/c1-2-25-14-12-22(24)23(13-6-9-18-7-4-3-5-8-18)19-10-11-20-21(17-19)27-16-15-26-20/h3-11,17H,2,12-16H2,1H3. The number of nitrogens with zero attached hydrogens (tertiary/aromatic N) is 1. The molecule has 0 fully saturated rings. The van der Waals surface area contributed by atoms with Crippen molar-refractivity contribution in [2.75, 3.05) is 37.9 Å². The molecule has 0 aliphatic carbocycles. The molecule has 3 rings (SSSR count). The third-order valence-corrected chi connectivity index (χ3v) is 4.20. The first-order valence-electron chi connectivity index (χ1n) is 9.27. The number of amides is 1. The Labute approximate surface area is 160 Å². The highest BCUT2D eigenvalue weighted by Crippen LogP contribution is 2.34. The number of hydrogen-bond donors (Lipinski definition) is 0. The SMILES string of the molecule is CCOCCC(=O)N(CC=Cc1ccccc1)c1ccc2c(c1)OCCO2. The zero-order valence-corrected chi connectivity index (χ0v) is 15.6. The second-order valence-electron chi connectivity index (χ2n) is 6.09. The molecule has 0 radical (unpaired) electrons. The third-order valence-electron chi connectivity index (χ3n) is 4.20. The normalized spacial score (nSPS) is 12.9. The van der Waals surface area contributed by atoms with E-state index >= 15 is 0 Å². The van der Waals surface area contributed by atoms with Crippen LogP contribution in [0.25, 0.3) is 6.08 Å². The number of fused-ring (bicyclic) bond motifs is 1. The molecule has 5 heteroatoms. The lowest BCUT2D eigenvalue weighted by atomic mass is 10.2. The van der Waals surface area contributed by atoms with Crippen LogP contribution in [-0.4, -0.2) is 38.9 Å². The Balaban J connectivity index is 1.76. The Morgan fingerprint density at radius 3 is 2.67 bits per heavy atom. The molecule has 5 nitrogen and oxygen atoms in total. The van der Waals surface area contributed by atoms with E-state index in [1.54, 1.807) is 4.90 Å². The van der Waals surface area contributed by atoms with E-state index in [-0.39, 0.29) is 5.91 Å². The van der Waals surface area contributed by atoms with Crippen molar-refractivity contribution in [1.82, 2.24) is 0 Å². The Bertz CT molecular complexity index is 773. The lowest BCUT2D eigenvalue weighted by Crippen LogP contribution is -2.32. The summed E-state index contributed by atoms with van der Waals surface area (Å²) in [4.78, 5) is 14.5. The fourth-order valence-corrected chi connectivity index (χ4v) is 2.85. The van der Waals surface area contributed by atoms with Gasteiger partial charge in [0.05, 0.1) is 13.0 Å². The summed E-state index contributed by atoms with van der Waals surface area (Å²) >= 11 is 0. The van der Waals surface area contributed by atoms with Gasteiger partial charge in [-0.05, 0) is 24.6 Å². The summed E-state index contributed by atoms with van der Waals surface area (Å²) in [5.41, 5.74) is 1.89. The number of benzene rings is 2. The van der Waals surface area contributed by atoms with Gasteiger partial charge in [-0.15, -0.1) is 0 Å². The molecule has 1 aliphatic heterocycles. The van der Waals surface area contributed by atoms with Crippen molar-refractivity contribution in [2.24, 2.45) is 0 Å². The highest BCUT2D eigenvalue weighted by Gasteiger charge is 2.18. The van der Waals surface area contributed by atoms with E-state index in [1.165, 1.54) is 0 Å². The van der Waals surface area contributed by atoms with Crippen LogP contribution in [0.1, 0.15) is 18.9 Å². The molecule has 0 saturated heterocycles. The summed E-state index contributed by atoms with van der Waals surface area (Å²) in [5.74, 6) is 1.40. The van der Waals surface area contributed by atoms with E-state index in [9.17, 15) is 4.79 Å². The first-order valence-corrected chi connectivity index (χ1v) is 9.27. The Kier molecular flexibility index (Phi) is 6.88. The van der Waals surface area contributed by atoms with Gasteiger partial charge in [-0.3, -0.25) is 4.79 Å². The number of hydrogen-bond acceptors (Lipinski definition) is 4. The van der Waals surface area contributed by atoms with Crippen molar-refractivity contribution in [1.29, 1.82) is 0 Å². The topological polar surface area (TPSA) is 48.0 Å². The minimum Gasteiger partial charge on any atom is -0.486 e. The average molecular weight is 367 g/mol. The van der Waals surface area contributed by atoms with E-state index in [2.05, 4.69) is 0 Å². The molecular formula is C22H25NO4. The Morgan fingerprint density at radius 2 is 1.89 bits per heavy atom. The molecular weight excluding hydrogens is 342 g/mol. The Morgan fingerprint density at radius 1 is 1.11 bits per heavy atom. The van der Waals surface area contributed by atoms with Gasteiger partial charge in [-0.2, -0.15) is 0 Å². The van der Waals surface area contributed by atoms with Crippen LogP contribution in [0.15, 0.2) is 54.6 Å². The minimum atomic E-state index is 0.0119. The number of anilines is 1. The van der Waals surface area contributed by atoms with Crippen LogP contribution in [0.2, 0.25) is 0 Å². The smallest absolute Gasteiger partial charge is 0.229 e. The summed E-state index contributed by atoms with van der Waals surface area (Å²) < 4.78 is 16.6. The second-order valence-corrected chi connectivity index (χ2v) is 6.09. The van der Waals surface area contributed by atoms with Crippen molar-refractivity contribution in [3.8, 4) is 11.5 Å². The van der Waals surface area contributed by atoms with E-state index in [1.807, 2.05) is 67.6 Å². The quantitative estimate of drug-likeness (QED) is 0.663. The molecule has 142 valence electrons. The van der Waals surface area contributed by atoms with Crippen molar-refractivity contribution in [2.45, 2.75) is 13.3 Å². The van der Waals surface area contributed by atoms with E-state index in [4.69, 9.17) is 14.2 Å². The van der Waals surface area contributed by atoms with Crippen LogP contribution < -0.4 is 14.4 Å². The van der Waals surface area contributed by atoms with Crippen molar-refractivity contribution < 1.29 is 19.0 Å². The summed E-state index contributed by atoms with van der Waals surface area (Å²) in [6.07, 6.45) is 4.34. The summed E-state index contributed by atoms with van der Waals surface area (Å²) in [6.45, 7) is 4.47. The largest absolute Gasteiger partial charge is 0.486 e. The second kappa shape index (κ2) is 9.78. The maximum atomic E-state index is 12.8. The summed E-state index contributed by atoms with van der Waals surface area (Å²) in [6, 6.07) is 15.6. The van der Waals surface area contributed by atoms with Crippen LogP contribution in [0.3, 0.4) is 0 Å². The van der Waals surface area contributed by atoms with Crippen LogP contribution in [0.4, 0.5) is 5.69 Å². The van der Waals surface area contributed by atoms with Gasteiger partial charge >= 0.3 is 0 Å². The van der Waals surface area contributed by atoms with Gasteiger partial charge in [0.1, 0.15) is 13.2 Å². The fourth-order valence-electron chi connectivity index (χ4n) is 2.85. The molecule has 0 N–H and O–H groups in total. The van der Waals surface area contributed by atoms with Gasteiger partial charge in [-0.25, -0.2) is 0 Å². The molecule has 27 heavy (non-hydrogen) atoms. The minimum absolute atomic E-state index is 0.0119. The van der Waals surface area contributed by atoms with Crippen LogP contribution in [0, 0.1) is 0 Å². The molecule has 2 aromatic rings. The number of carbonyl (C=O) groups excluding carboxylic acids is 1. The predicted octanol–water partition coefficient (Wildman–Crippen LogP) is 3.93. The zero-order valence-electron chi connectivity index (χ0n) is 15.6. The average Bonchev–Trinajstić information content (AvgIpc) is 2.72. The summed E-state index contributed by atoms with van der Waals surface area (Å²) in [5, 5.41) is 0. The maximum Gasteiger partial charge on any atom is 0.229 e. The van der Waals surface area contributed by atoms with E-state index < -0.39 is 0 Å². The van der Waals surface area contributed by atoms with Gasteiger partial charge < -0.3 is 19.1 Å². The molecule has 0 atom stereocenters. The van der Waals surface area contributed by atoms with Gasteiger partial charge in [0.15, 0.2) is 11.5 Å². The van der Waals surface area contributed by atoms with Gasteiger partial charge in [0.25, 0.3) is 0 Å². The number of carbonyl (C=O) groups is 1. The molecule has 0 aromatic heterocycles. The molecule has 0 bridgehead atoms. The first kappa shape index (κ1) is 19.0. The van der Waals surface area contributed by atoms with Crippen LogP contribution >= 0.6 is 0 Å². The van der Waals surface area contributed by atoms with Gasteiger partial charge in [0.2, 0.25) is 5.91 Å². The highest BCUT2D eigenvalue weighted by atomic mass is 16.6. The predicted molar refractivity (Wildman–Crippen MR) is 106 cm³/mol. The zero-order chi connectivity index (χ0) is 18.9. The Hall–Kier alpha value is -2.79. The molecule has 1 aliphatic rings. The van der Waals surface area contributed by atoms with Crippen molar-refractivity contribution in [3.05, 3.63) is 60.2 Å². The maximum absolute atomic E-state index is 12.8. The number of rotatable bonds is 8. The van der Waals surface area contributed by atoms with Crippen molar-refractivity contribution >= 4 is 17.7 Å². The molecule has 1 heterocycles. The third kappa shape index (κ3) is 5.34. The van der Waals surface area contributed by atoms with Crippen LogP contribution in [0.5, 0.6) is 11.5 Å². The molecule has 0 unspecified atom stereocenters. The van der Waals surface area contributed by atoms with Crippen molar-refractivity contribution in [3.63, 3.8) is 0 Å². The number of ether oxygens (including phenoxy) is 3. The molecule has 0 saturated carbocycles. The first-order chi connectivity index (χ1) is 13.3. The fraction of sp³-hybridized carbons (Fsp3) is 0.318. The lowest BCUT2D eigenvalue weighted by Gasteiger charge is -2.24. The monoisotopic (exact) mass is 367 g/mol. The summed E-state index contributed by atoms with van der Waals surface area (Å²) in [7, 11) is 0.